The van der Waals surface area contributed by atoms with Crippen molar-refractivity contribution in [1.82, 2.24) is 0 Å². The number of nitro benzene ring substituents is 1. The van der Waals surface area contributed by atoms with Gasteiger partial charge in [-0.2, -0.15) is 10.5 Å². The molecule has 1 aromatic heterocycles. The van der Waals surface area contributed by atoms with E-state index in [9.17, 15) is 15.4 Å². The number of allylic oxidation sites excluding steroid dienone is 1. The van der Waals surface area contributed by atoms with Gasteiger partial charge in [0, 0.05) is 17.7 Å². The lowest BCUT2D eigenvalue weighted by Gasteiger charge is -1.99. The highest BCUT2D eigenvalue weighted by molar-refractivity contribution is 5.89. The normalized spacial score (nSPS) is 10.8. The van der Waals surface area contributed by atoms with Crippen molar-refractivity contribution in [1.29, 1.82) is 10.5 Å². The molecule has 0 N–H and O–H groups in total. The van der Waals surface area contributed by atoms with Crippen LogP contribution in [-0.2, 0) is 0 Å². The van der Waals surface area contributed by atoms with E-state index in [1.807, 2.05) is 6.07 Å². The summed E-state index contributed by atoms with van der Waals surface area (Å²) in [6, 6.07) is 20.3. The molecule has 0 aliphatic carbocycles. The molecule has 0 radical (unpaired) electrons. The van der Waals surface area contributed by atoms with Crippen LogP contribution in [0.5, 0.6) is 0 Å². The van der Waals surface area contributed by atoms with E-state index in [0.717, 1.165) is 0 Å². The van der Waals surface area contributed by atoms with Gasteiger partial charge in [0.25, 0.3) is 5.69 Å². The number of benzene rings is 2. The Morgan fingerprint density at radius 3 is 2.50 bits per heavy atom. The van der Waals surface area contributed by atoms with Crippen molar-refractivity contribution in [3.05, 3.63) is 87.7 Å². The molecule has 0 atom stereocenters. The summed E-state index contributed by atoms with van der Waals surface area (Å²) in [6.07, 6.45) is 1.59. The first-order valence-electron chi connectivity index (χ1n) is 7.57. The summed E-state index contributed by atoms with van der Waals surface area (Å²) in [5.41, 5.74) is 2.12. The first kappa shape index (κ1) is 16.7. The summed E-state index contributed by atoms with van der Waals surface area (Å²) in [7, 11) is 0. The summed E-state index contributed by atoms with van der Waals surface area (Å²) in [4.78, 5) is 10.4. The first-order chi connectivity index (χ1) is 12.6. The minimum absolute atomic E-state index is 0.0220. The number of nitro groups is 1. The molecule has 0 spiro atoms. The molecule has 0 fully saturated rings. The van der Waals surface area contributed by atoms with E-state index < -0.39 is 4.92 Å². The molecule has 0 saturated heterocycles. The second kappa shape index (κ2) is 7.16. The molecular formula is C20H11N3O3. The highest BCUT2D eigenvalue weighted by Gasteiger charge is 2.10. The lowest BCUT2D eigenvalue weighted by molar-refractivity contribution is -0.384. The lowest BCUT2D eigenvalue weighted by atomic mass is 10.0. The SMILES string of the molecule is N#CC(=Cc1ccc(-c2cccc([N+](=O)[O-])c2)o1)c1ccc(C#N)cc1. The summed E-state index contributed by atoms with van der Waals surface area (Å²) in [6.45, 7) is 0. The molecule has 3 rings (SSSR count). The Morgan fingerprint density at radius 2 is 1.85 bits per heavy atom. The van der Waals surface area contributed by atoms with Gasteiger partial charge in [0.1, 0.15) is 11.5 Å². The molecule has 3 aromatic rings. The quantitative estimate of drug-likeness (QED) is 0.385. The van der Waals surface area contributed by atoms with Crippen molar-refractivity contribution in [3.63, 3.8) is 0 Å². The van der Waals surface area contributed by atoms with Crippen LogP contribution in [-0.4, -0.2) is 4.92 Å². The third kappa shape index (κ3) is 3.50. The topological polar surface area (TPSA) is 104 Å². The predicted molar refractivity (Wildman–Crippen MR) is 95.4 cm³/mol. The van der Waals surface area contributed by atoms with Crippen LogP contribution in [0, 0.1) is 32.8 Å². The predicted octanol–water partition coefficient (Wildman–Crippen LogP) is 4.79. The third-order valence-corrected chi connectivity index (χ3v) is 3.70. The molecule has 6 heteroatoms. The van der Waals surface area contributed by atoms with E-state index in [2.05, 4.69) is 6.07 Å². The Morgan fingerprint density at radius 1 is 1.08 bits per heavy atom. The minimum Gasteiger partial charge on any atom is -0.457 e. The third-order valence-electron chi connectivity index (χ3n) is 3.70. The van der Waals surface area contributed by atoms with Crippen LogP contribution in [0.25, 0.3) is 23.0 Å². The van der Waals surface area contributed by atoms with Crippen LogP contribution >= 0.6 is 0 Å². The Labute approximate surface area is 149 Å². The Hall–Kier alpha value is -4.16. The number of nitriles is 2. The second-order valence-electron chi connectivity index (χ2n) is 5.37. The van der Waals surface area contributed by atoms with E-state index in [0.29, 0.717) is 33.8 Å². The summed E-state index contributed by atoms with van der Waals surface area (Å²) in [5.74, 6) is 0.921. The Bertz CT molecular complexity index is 1080. The van der Waals surface area contributed by atoms with Crippen LogP contribution in [0.2, 0.25) is 0 Å². The maximum Gasteiger partial charge on any atom is 0.270 e. The standard InChI is InChI=1S/C20H11N3O3/c21-12-14-4-6-15(7-5-14)17(13-22)11-19-8-9-20(26-19)16-2-1-3-18(10-16)23(24)25/h1-11H. The maximum atomic E-state index is 10.9. The van der Waals surface area contributed by atoms with E-state index >= 15 is 0 Å². The van der Waals surface area contributed by atoms with Crippen LogP contribution in [0.1, 0.15) is 16.9 Å². The lowest BCUT2D eigenvalue weighted by Crippen LogP contribution is -1.87. The molecule has 6 nitrogen and oxygen atoms in total. The van der Waals surface area contributed by atoms with Crippen LogP contribution < -0.4 is 0 Å². The van der Waals surface area contributed by atoms with Crippen molar-refractivity contribution in [2.45, 2.75) is 0 Å². The molecule has 0 aliphatic rings. The fourth-order valence-corrected chi connectivity index (χ4v) is 2.41. The highest BCUT2D eigenvalue weighted by Crippen LogP contribution is 2.27. The fraction of sp³-hybridized carbons (Fsp3) is 0. The largest absolute Gasteiger partial charge is 0.457 e. The van der Waals surface area contributed by atoms with Gasteiger partial charge in [0.15, 0.2) is 0 Å². The molecule has 124 valence electrons. The fourth-order valence-electron chi connectivity index (χ4n) is 2.41. The zero-order valence-corrected chi connectivity index (χ0v) is 13.4. The zero-order chi connectivity index (χ0) is 18.5. The number of rotatable bonds is 4. The highest BCUT2D eigenvalue weighted by atomic mass is 16.6. The summed E-state index contributed by atoms with van der Waals surface area (Å²) < 4.78 is 5.70. The van der Waals surface area contributed by atoms with Crippen molar-refractivity contribution in [2.24, 2.45) is 0 Å². The van der Waals surface area contributed by atoms with Gasteiger partial charge in [-0.05, 0) is 35.9 Å². The van der Waals surface area contributed by atoms with Gasteiger partial charge < -0.3 is 4.42 Å². The number of hydrogen-bond acceptors (Lipinski definition) is 5. The average Bonchev–Trinajstić information content (AvgIpc) is 3.15. The van der Waals surface area contributed by atoms with Crippen LogP contribution in [0.4, 0.5) is 5.69 Å². The summed E-state index contributed by atoms with van der Waals surface area (Å²) in [5, 5.41) is 29.1. The second-order valence-corrected chi connectivity index (χ2v) is 5.37. The van der Waals surface area contributed by atoms with E-state index in [4.69, 9.17) is 9.68 Å². The van der Waals surface area contributed by atoms with Crippen LogP contribution in [0.15, 0.2) is 65.1 Å². The number of non-ortho nitro benzene ring substituents is 1. The van der Waals surface area contributed by atoms with Gasteiger partial charge in [-0.15, -0.1) is 0 Å². The van der Waals surface area contributed by atoms with Crippen molar-refractivity contribution in [3.8, 4) is 23.5 Å². The van der Waals surface area contributed by atoms with Crippen molar-refractivity contribution >= 4 is 17.3 Å². The molecule has 0 amide bonds. The van der Waals surface area contributed by atoms with E-state index in [1.165, 1.54) is 12.1 Å². The Kier molecular flexibility index (Phi) is 4.60. The molecule has 0 bridgehead atoms. The number of furan rings is 1. The molecule has 0 unspecified atom stereocenters. The van der Waals surface area contributed by atoms with Crippen molar-refractivity contribution in [2.75, 3.05) is 0 Å². The molecule has 0 aliphatic heterocycles. The van der Waals surface area contributed by atoms with Gasteiger partial charge >= 0.3 is 0 Å². The van der Waals surface area contributed by atoms with E-state index in [1.54, 1.807) is 54.6 Å². The Balaban J connectivity index is 1.92. The monoisotopic (exact) mass is 341 g/mol. The number of nitrogens with zero attached hydrogens (tertiary/aromatic N) is 3. The summed E-state index contributed by atoms with van der Waals surface area (Å²) >= 11 is 0. The van der Waals surface area contributed by atoms with Gasteiger partial charge in [0.2, 0.25) is 0 Å². The average molecular weight is 341 g/mol. The molecular weight excluding hydrogens is 330 g/mol. The zero-order valence-electron chi connectivity index (χ0n) is 13.4. The molecule has 2 aromatic carbocycles. The molecule has 1 heterocycles. The smallest absolute Gasteiger partial charge is 0.270 e. The van der Waals surface area contributed by atoms with Crippen LogP contribution in [0.3, 0.4) is 0 Å². The first-order valence-corrected chi connectivity index (χ1v) is 7.57. The van der Waals surface area contributed by atoms with Gasteiger partial charge in [0.05, 0.1) is 28.2 Å². The van der Waals surface area contributed by atoms with Crippen molar-refractivity contribution < 1.29 is 9.34 Å². The molecule has 0 saturated carbocycles. The maximum absolute atomic E-state index is 10.9. The van der Waals surface area contributed by atoms with Gasteiger partial charge in [-0.25, -0.2) is 0 Å². The minimum atomic E-state index is -0.466. The van der Waals surface area contributed by atoms with Gasteiger partial charge in [-0.1, -0.05) is 24.3 Å². The molecule has 26 heavy (non-hydrogen) atoms. The van der Waals surface area contributed by atoms with E-state index in [-0.39, 0.29) is 5.69 Å². The van der Waals surface area contributed by atoms with Gasteiger partial charge in [-0.3, -0.25) is 10.1 Å². The number of hydrogen-bond donors (Lipinski definition) is 0.